The highest BCUT2D eigenvalue weighted by atomic mass is 32.2. The lowest BCUT2D eigenvalue weighted by molar-refractivity contribution is -0.121. The van der Waals surface area contributed by atoms with Crippen molar-refractivity contribution in [2.45, 2.75) is 23.9 Å². The first kappa shape index (κ1) is 23.2. The number of methoxy groups -OCH3 is 2. The number of hydrogen-bond donors (Lipinski definition) is 2. The number of amides is 1. The van der Waals surface area contributed by atoms with E-state index in [0.29, 0.717) is 23.6 Å². The third-order valence-corrected chi connectivity index (χ3v) is 6.27. The maximum atomic E-state index is 13.0. The standard InChI is InChI=1S/C23H25N3O5S/c1-30-19-7-5-18(6-8-19)22(14-23(27)25-16-17-4-3-13-24-15-17)26-32(28,29)21-11-9-20(31-2)10-12-21/h3-13,15,22,26H,14,16H2,1-2H3,(H,25,27). The number of nitrogens with one attached hydrogen (secondary N) is 2. The van der Waals surface area contributed by atoms with Crippen LogP contribution in [0, 0.1) is 0 Å². The monoisotopic (exact) mass is 455 g/mol. The lowest BCUT2D eigenvalue weighted by Gasteiger charge is -2.19. The number of ether oxygens (including phenoxy) is 2. The summed E-state index contributed by atoms with van der Waals surface area (Å²) in [6, 6.07) is 15.8. The molecule has 3 rings (SSSR count). The van der Waals surface area contributed by atoms with E-state index in [-0.39, 0.29) is 17.2 Å². The average Bonchev–Trinajstić information content (AvgIpc) is 2.83. The molecule has 8 nitrogen and oxygen atoms in total. The molecule has 0 aliphatic heterocycles. The highest BCUT2D eigenvalue weighted by molar-refractivity contribution is 7.89. The van der Waals surface area contributed by atoms with Crippen LogP contribution in [0.15, 0.2) is 78.0 Å². The van der Waals surface area contributed by atoms with Gasteiger partial charge in [-0.05, 0) is 53.6 Å². The smallest absolute Gasteiger partial charge is 0.241 e. The fourth-order valence-corrected chi connectivity index (χ4v) is 4.26. The summed E-state index contributed by atoms with van der Waals surface area (Å²) in [6.45, 7) is 0.299. The molecule has 0 aliphatic carbocycles. The number of benzene rings is 2. The van der Waals surface area contributed by atoms with Crippen molar-refractivity contribution in [1.29, 1.82) is 0 Å². The minimum absolute atomic E-state index is 0.0765. The molecule has 1 atom stereocenters. The molecule has 9 heteroatoms. The predicted molar refractivity (Wildman–Crippen MR) is 120 cm³/mol. The number of rotatable bonds is 10. The van der Waals surface area contributed by atoms with Crippen LogP contribution in [0.4, 0.5) is 0 Å². The first-order valence-electron chi connectivity index (χ1n) is 9.87. The number of sulfonamides is 1. The van der Waals surface area contributed by atoms with E-state index in [0.717, 1.165) is 5.56 Å². The van der Waals surface area contributed by atoms with Gasteiger partial charge in [-0.25, -0.2) is 13.1 Å². The second kappa shape index (κ2) is 10.7. The third-order valence-electron chi connectivity index (χ3n) is 4.79. The quantitative estimate of drug-likeness (QED) is 0.487. The molecule has 0 fully saturated rings. The summed E-state index contributed by atoms with van der Waals surface area (Å²) in [7, 11) is -0.836. The number of pyridine rings is 1. The van der Waals surface area contributed by atoms with Gasteiger partial charge < -0.3 is 14.8 Å². The molecule has 2 N–H and O–H groups in total. The molecule has 1 aromatic heterocycles. The van der Waals surface area contributed by atoms with E-state index in [1.165, 1.54) is 19.2 Å². The number of carbonyl (C=O) groups excluding carboxylic acids is 1. The lowest BCUT2D eigenvalue weighted by Crippen LogP contribution is -2.33. The largest absolute Gasteiger partial charge is 0.497 e. The van der Waals surface area contributed by atoms with E-state index < -0.39 is 16.1 Å². The zero-order valence-corrected chi connectivity index (χ0v) is 18.6. The van der Waals surface area contributed by atoms with Crippen LogP contribution in [-0.2, 0) is 21.4 Å². The van der Waals surface area contributed by atoms with Gasteiger partial charge in [0, 0.05) is 25.4 Å². The van der Waals surface area contributed by atoms with Gasteiger partial charge in [-0.2, -0.15) is 0 Å². The van der Waals surface area contributed by atoms with Gasteiger partial charge in [-0.3, -0.25) is 9.78 Å². The highest BCUT2D eigenvalue weighted by Gasteiger charge is 2.24. The first-order valence-corrected chi connectivity index (χ1v) is 11.4. The molecule has 168 valence electrons. The molecule has 2 aromatic carbocycles. The van der Waals surface area contributed by atoms with Crippen molar-refractivity contribution in [2.75, 3.05) is 14.2 Å². The molecule has 0 radical (unpaired) electrons. The van der Waals surface area contributed by atoms with Crippen LogP contribution >= 0.6 is 0 Å². The van der Waals surface area contributed by atoms with Gasteiger partial charge in [0.2, 0.25) is 15.9 Å². The van der Waals surface area contributed by atoms with E-state index in [1.807, 2.05) is 6.07 Å². The molecule has 0 spiro atoms. The topological polar surface area (TPSA) is 107 Å². The van der Waals surface area contributed by atoms with Crippen molar-refractivity contribution in [3.8, 4) is 11.5 Å². The summed E-state index contributed by atoms with van der Waals surface area (Å²) in [5.41, 5.74) is 1.49. The number of carbonyl (C=O) groups is 1. The summed E-state index contributed by atoms with van der Waals surface area (Å²) >= 11 is 0. The molecule has 0 saturated heterocycles. The molecule has 0 aliphatic rings. The maximum Gasteiger partial charge on any atom is 0.241 e. The van der Waals surface area contributed by atoms with Gasteiger partial charge in [0.05, 0.1) is 25.2 Å². The van der Waals surface area contributed by atoms with Crippen molar-refractivity contribution < 1.29 is 22.7 Å². The van der Waals surface area contributed by atoms with Crippen LogP contribution in [0.2, 0.25) is 0 Å². The van der Waals surface area contributed by atoms with E-state index >= 15 is 0 Å². The van der Waals surface area contributed by atoms with E-state index in [9.17, 15) is 13.2 Å². The van der Waals surface area contributed by atoms with Crippen molar-refractivity contribution in [2.24, 2.45) is 0 Å². The van der Waals surface area contributed by atoms with Crippen LogP contribution in [0.1, 0.15) is 23.6 Å². The normalized spacial score (nSPS) is 12.1. The maximum absolute atomic E-state index is 13.0. The van der Waals surface area contributed by atoms with Crippen LogP contribution in [-0.4, -0.2) is 33.5 Å². The Morgan fingerprint density at radius 2 is 1.59 bits per heavy atom. The number of nitrogens with zero attached hydrogens (tertiary/aromatic N) is 1. The molecule has 1 amide bonds. The Kier molecular flexibility index (Phi) is 7.80. The summed E-state index contributed by atoms with van der Waals surface area (Å²) in [6.07, 6.45) is 3.23. The molecule has 3 aromatic rings. The Bertz CT molecular complexity index is 1120. The summed E-state index contributed by atoms with van der Waals surface area (Å²) < 4.78 is 38.9. The molecule has 32 heavy (non-hydrogen) atoms. The molecule has 1 unspecified atom stereocenters. The summed E-state index contributed by atoms with van der Waals surface area (Å²) in [4.78, 5) is 16.7. The fraction of sp³-hybridized carbons (Fsp3) is 0.217. The Morgan fingerprint density at radius 1 is 0.969 bits per heavy atom. The highest BCUT2D eigenvalue weighted by Crippen LogP contribution is 2.24. The Balaban J connectivity index is 1.78. The van der Waals surface area contributed by atoms with Gasteiger partial charge in [-0.15, -0.1) is 0 Å². The number of hydrogen-bond acceptors (Lipinski definition) is 6. The Hall–Kier alpha value is -3.43. The summed E-state index contributed by atoms with van der Waals surface area (Å²) in [5.74, 6) is 0.879. The number of aromatic nitrogens is 1. The SMILES string of the molecule is COc1ccc(C(CC(=O)NCc2cccnc2)NS(=O)(=O)c2ccc(OC)cc2)cc1. The van der Waals surface area contributed by atoms with Crippen molar-refractivity contribution in [3.63, 3.8) is 0 Å². The van der Waals surface area contributed by atoms with Gasteiger partial charge in [0.1, 0.15) is 11.5 Å². The molecule has 0 saturated carbocycles. The van der Waals surface area contributed by atoms with Gasteiger partial charge >= 0.3 is 0 Å². The van der Waals surface area contributed by atoms with E-state index in [2.05, 4.69) is 15.0 Å². The van der Waals surface area contributed by atoms with Crippen molar-refractivity contribution in [1.82, 2.24) is 15.0 Å². The van der Waals surface area contributed by atoms with Gasteiger partial charge in [0.15, 0.2) is 0 Å². The minimum atomic E-state index is -3.89. The fourth-order valence-electron chi connectivity index (χ4n) is 3.03. The average molecular weight is 456 g/mol. The van der Waals surface area contributed by atoms with E-state index in [4.69, 9.17) is 9.47 Å². The Morgan fingerprint density at radius 3 is 2.16 bits per heavy atom. The zero-order valence-electron chi connectivity index (χ0n) is 17.8. The van der Waals surface area contributed by atoms with Crippen LogP contribution in [0.3, 0.4) is 0 Å². The summed E-state index contributed by atoms with van der Waals surface area (Å²) in [5, 5.41) is 2.81. The van der Waals surface area contributed by atoms with Crippen LogP contribution in [0.25, 0.3) is 0 Å². The second-order valence-corrected chi connectivity index (χ2v) is 8.68. The molecular weight excluding hydrogens is 430 g/mol. The second-order valence-electron chi connectivity index (χ2n) is 6.96. The molecule has 0 bridgehead atoms. The molecule has 1 heterocycles. The molecular formula is C23H25N3O5S. The predicted octanol–water partition coefficient (Wildman–Crippen LogP) is 2.82. The van der Waals surface area contributed by atoms with Crippen molar-refractivity contribution >= 4 is 15.9 Å². The van der Waals surface area contributed by atoms with Gasteiger partial charge in [-0.1, -0.05) is 18.2 Å². The zero-order chi connectivity index (χ0) is 23.0. The van der Waals surface area contributed by atoms with E-state index in [1.54, 1.807) is 62.0 Å². The van der Waals surface area contributed by atoms with Gasteiger partial charge in [0.25, 0.3) is 0 Å². The minimum Gasteiger partial charge on any atom is -0.497 e. The Labute approximate surface area is 187 Å². The third kappa shape index (κ3) is 6.29. The lowest BCUT2D eigenvalue weighted by atomic mass is 10.0. The first-order chi connectivity index (χ1) is 15.4. The van der Waals surface area contributed by atoms with Crippen molar-refractivity contribution in [3.05, 3.63) is 84.2 Å². The van der Waals surface area contributed by atoms with Crippen LogP contribution < -0.4 is 19.5 Å². The van der Waals surface area contributed by atoms with Crippen LogP contribution in [0.5, 0.6) is 11.5 Å².